The zero-order valence-corrected chi connectivity index (χ0v) is 16.7. The van der Waals surface area contributed by atoms with Crippen LogP contribution in [0.25, 0.3) is 22.4 Å². The lowest BCUT2D eigenvalue weighted by atomic mass is 9.98. The van der Waals surface area contributed by atoms with Crippen molar-refractivity contribution < 1.29 is 24.1 Å². The minimum absolute atomic E-state index is 0.0545. The summed E-state index contributed by atoms with van der Waals surface area (Å²) in [6.07, 6.45) is 1.64. The molecule has 0 spiro atoms. The van der Waals surface area contributed by atoms with Gasteiger partial charge in [0.2, 0.25) is 5.75 Å². The number of nitrogens with one attached hydrogen (secondary N) is 1. The first-order valence-corrected chi connectivity index (χ1v) is 8.70. The van der Waals surface area contributed by atoms with Crippen molar-refractivity contribution in [3.8, 4) is 51.1 Å². The quantitative estimate of drug-likeness (QED) is 0.599. The Labute approximate surface area is 167 Å². The Hall–Kier alpha value is -3.26. The molecule has 0 aliphatic rings. The van der Waals surface area contributed by atoms with Crippen LogP contribution in [0.5, 0.6) is 28.7 Å². The Kier molecular flexibility index (Phi) is 5.70. The number of rotatable bonds is 6. The first kappa shape index (κ1) is 19.5. The van der Waals surface area contributed by atoms with E-state index in [-0.39, 0.29) is 10.5 Å². The number of methoxy groups -OCH3 is 4. The van der Waals surface area contributed by atoms with Gasteiger partial charge < -0.3 is 29.0 Å². The minimum atomic E-state index is -0.0545. The van der Waals surface area contributed by atoms with E-state index in [1.165, 1.54) is 27.4 Å². The number of phenols is 1. The van der Waals surface area contributed by atoms with Crippen LogP contribution >= 0.6 is 12.2 Å². The van der Waals surface area contributed by atoms with Crippen LogP contribution in [0.15, 0.2) is 36.5 Å². The van der Waals surface area contributed by atoms with Gasteiger partial charge in [-0.15, -0.1) is 0 Å². The Morgan fingerprint density at radius 2 is 1.61 bits per heavy atom. The number of nitrogens with zero attached hydrogens (tertiary/aromatic N) is 1. The average molecular weight is 400 g/mol. The smallest absolute Gasteiger partial charge is 0.204 e. The van der Waals surface area contributed by atoms with Crippen molar-refractivity contribution in [2.24, 2.45) is 0 Å². The van der Waals surface area contributed by atoms with E-state index in [1.807, 2.05) is 24.3 Å². The fourth-order valence-electron chi connectivity index (χ4n) is 2.97. The Balaban J connectivity index is 2.32. The van der Waals surface area contributed by atoms with E-state index >= 15 is 0 Å². The molecule has 146 valence electrons. The van der Waals surface area contributed by atoms with Crippen molar-refractivity contribution in [2.45, 2.75) is 0 Å². The SMILES string of the molecule is COc1ccc(-c2cnc(=S)[nH]c2-c2c(O)cc(OC)c(OC)c2OC)cc1. The lowest BCUT2D eigenvalue weighted by Gasteiger charge is -2.19. The molecule has 28 heavy (non-hydrogen) atoms. The topological polar surface area (TPSA) is 85.8 Å². The second kappa shape index (κ2) is 8.18. The van der Waals surface area contributed by atoms with Crippen LogP contribution < -0.4 is 18.9 Å². The normalized spacial score (nSPS) is 10.4. The van der Waals surface area contributed by atoms with Crippen molar-refractivity contribution >= 4 is 12.2 Å². The number of ether oxygens (including phenoxy) is 4. The summed E-state index contributed by atoms with van der Waals surface area (Å²) in [6, 6.07) is 8.92. The van der Waals surface area contributed by atoms with Gasteiger partial charge in [0.05, 0.1) is 39.7 Å². The van der Waals surface area contributed by atoms with Gasteiger partial charge >= 0.3 is 0 Å². The van der Waals surface area contributed by atoms with Gasteiger partial charge in [0.25, 0.3) is 0 Å². The lowest BCUT2D eigenvalue weighted by molar-refractivity contribution is 0.321. The molecule has 8 heteroatoms. The van der Waals surface area contributed by atoms with Gasteiger partial charge in [0.1, 0.15) is 11.5 Å². The molecule has 1 aromatic heterocycles. The van der Waals surface area contributed by atoms with Crippen LogP contribution in [-0.2, 0) is 0 Å². The van der Waals surface area contributed by atoms with E-state index in [1.54, 1.807) is 13.3 Å². The molecule has 2 N–H and O–H groups in total. The molecule has 0 saturated carbocycles. The van der Waals surface area contributed by atoms with Gasteiger partial charge in [-0.1, -0.05) is 12.1 Å². The summed E-state index contributed by atoms with van der Waals surface area (Å²) in [5.41, 5.74) is 2.50. The summed E-state index contributed by atoms with van der Waals surface area (Å²) in [7, 11) is 6.08. The second-order valence-corrected chi connectivity index (χ2v) is 6.13. The summed E-state index contributed by atoms with van der Waals surface area (Å²) in [5, 5.41) is 10.7. The molecule has 0 unspecified atom stereocenters. The van der Waals surface area contributed by atoms with Crippen LogP contribution in [0, 0.1) is 4.77 Å². The summed E-state index contributed by atoms with van der Waals surface area (Å²) >= 11 is 5.22. The van der Waals surface area contributed by atoms with Crippen LogP contribution in [0.1, 0.15) is 0 Å². The zero-order valence-electron chi connectivity index (χ0n) is 15.9. The van der Waals surface area contributed by atoms with Gasteiger partial charge in [-0.25, -0.2) is 4.98 Å². The van der Waals surface area contributed by atoms with E-state index in [2.05, 4.69) is 9.97 Å². The highest BCUT2D eigenvalue weighted by Gasteiger charge is 2.24. The molecule has 2 aromatic carbocycles. The standard InChI is InChI=1S/C20H20N2O5S/c1-24-12-7-5-11(6-8-12)13-10-21-20(28)22-17(13)16-14(23)9-15(25-2)18(26-3)19(16)27-4/h5-10,23H,1-4H3,(H,21,22,28). The molecular weight excluding hydrogens is 380 g/mol. The molecule has 0 bridgehead atoms. The van der Waals surface area contributed by atoms with Crippen LogP contribution in [-0.4, -0.2) is 43.5 Å². The predicted octanol–water partition coefficient (Wildman–Crippen LogP) is 4.21. The molecule has 0 fully saturated rings. The maximum absolute atomic E-state index is 10.7. The monoisotopic (exact) mass is 400 g/mol. The third-order valence-electron chi connectivity index (χ3n) is 4.27. The molecule has 0 aliphatic carbocycles. The highest BCUT2D eigenvalue weighted by molar-refractivity contribution is 7.71. The second-order valence-electron chi connectivity index (χ2n) is 5.74. The van der Waals surface area contributed by atoms with Gasteiger partial charge in [-0.2, -0.15) is 0 Å². The van der Waals surface area contributed by atoms with Crippen molar-refractivity contribution in [2.75, 3.05) is 28.4 Å². The minimum Gasteiger partial charge on any atom is -0.507 e. The molecule has 7 nitrogen and oxygen atoms in total. The molecule has 1 heterocycles. The number of hydrogen-bond donors (Lipinski definition) is 2. The fourth-order valence-corrected chi connectivity index (χ4v) is 3.12. The van der Waals surface area contributed by atoms with E-state index in [0.29, 0.717) is 28.5 Å². The summed E-state index contributed by atoms with van der Waals surface area (Å²) in [6.45, 7) is 0. The van der Waals surface area contributed by atoms with E-state index < -0.39 is 0 Å². The largest absolute Gasteiger partial charge is 0.507 e. The molecule has 0 radical (unpaired) electrons. The third kappa shape index (κ3) is 3.46. The van der Waals surface area contributed by atoms with Gasteiger partial charge in [-0.3, -0.25) is 0 Å². The van der Waals surface area contributed by atoms with Crippen molar-refractivity contribution in [3.05, 3.63) is 41.3 Å². The third-order valence-corrected chi connectivity index (χ3v) is 4.48. The number of aromatic hydroxyl groups is 1. The van der Waals surface area contributed by atoms with Crippen molar-refractivity contribution in [1.82, 2.24) is 9.97 Å². The highest BCUT2D eigenvalue weighted by Crippen LogP contribution is 2.50. The molecule has 3 aromatic rings. The van der Waals surface area contributed by atoms with E-state index in [4.69, 9.17) is 31.2 Å². The van der Waals surface area contributed by atoms with Crippen LogP contribution in [0.2, 0.25) is 0 Å². The molecular formula is C20H20N2O5S. The molecule has 0 atom stereocenters. The molecule has 0 aliphatic heterocycles. The maximum atomic E-state index is 10.7. The Morgan fingerprint density at radius 1 is 0.929 bits per heavy atom. The Bertz CT molecular complexity index is 1050. The zero-order chi connectivity index (χ0) is 20.3. The summed E-state index contributed by atoms with van der Waals surface area (Å²) in [5.74, 6) is 1.69. The number of aromatic nitrogens is 2. The Morgan fingerprint density at radius 3 is 2.18 bits per heavy atom. The molecule has 3 rings (SSSR count). The summed E-state index contributed by atoms with van der Waals surface area (Å²) in [4.78, 5) is 7.26. The number of phenolic OH excluding ortho intramolecular Hbond substituents is 1. The van der Waals surface area contributed by atoms with Crippen LogP contribution in [0.3, 0.4) is 0 Å². The molecule has 0 saturated heterocycles. The number of H-pyrrole nitrogens is 1. The fraction of sp³-hybridized carbons (Fsp3) is 0.200. The lowest BCUT2D eigenvalue weighted by Crippen LogP contribution is -2.00. The number of benzene rings is 2. The van der Waals surface area contributed by atoms with E-state index in [0.717, 1.165) is 16.9 Å². The summed E-state index contributed by atoms with van der Waals surface area (Å²) < 4.78 is 21.8. The molecule has 0 amide bonds. The van der Waals surface area contributed by atoms with E-state index in [9.17, 15) is 5.11 Å². The first-order valence-electron chi connectivity index (χ1n) is 8.30. The van der Waals surface area contributed by atoms with Gasteiger partial charge in [0, 0.05) is 17.8 Å². The number of hydrogen-bond acceptors (Lipinski definition) is 7. The maximum Gasteiger partial charge on any atom is 0.204 e. The van der Waals surface area contributed by atoms with Crippen LogP contribution in [0.4, 0.5) is 0 Å². The highest BCUT2D eigenvalue weighted by atomic mass is 32.1. The number of aromatic amines is 1. The average Bonchev–Trinajstić information content (AvgIpc) is 2.72. The van der Waals surface area contributed by atoms with Gasteiger partial charge in [-0.05, 0) is 29.9 Å². The van der Waals surface area contributed by atoms with Gasteiger partial charge in [0.15, 0.2) is 16.3 Å². The van der Waals surface area contributed by atoms with Crippen molar-refractivity contribution in [3.63, 3.8) is 0 Å². The predicted molar refractivity (Wildman–Crippen MR) is 108 cm³/mol. The van der Waals surface area contributed by atoms with Crippen molar-refractivity contribution in [1.29, 1.82) is 0 Å². The first-order chi connectivity index (χ1) is 13.5.